The van der Waals surface area contributed by atoms with Gasteiger partial charge in [0, 0.05) is 44.3 Å². The van der Waals surface area contributed by atoms with Crippen LogP contribution in [0.4, 0.5) is 11.5 Å². The summed E-state index contributed by atoms with van der Waals surface area (Å²) in [7, 11) is -3.67. The van der Waals surface area contributed by atoms with Crippen molar-refractivity contribution in [1.82, 2.24) is 14.3 Å². The zero-order valence-electron chi connectivity index (χ0n) is 20.4. The number of ether oxygens (including phenoxy) is 1. The highest BCUT2D eigenvalue weighted by atomic mass is 32.2. The molecule has 1 saturated heterocycles. The van der Waals surface area contributed by atoms with E-state index in [0.717, 1.165) is 16.6 Å². The van der Waals surface area contributed by atoms with Gasteiger partial charge in [-0.15, -0.1) is 0 Å². The van der Waals surface area contributed by atoms with E-state index >= 15 is 0 Å². The van der Waals surface area contributed by atoms with E-state index in [1.54, 1.807) is 36.8 Å². The molecule has 1 amide bonds. The maximum Gasteiger partial charge on any atom is 0.260 e. The van der Waals surface area contributed by atoms with Crippen molar-refractivity contribution >= 4 is 38.2 Å². The Balaban J connectivity index is 1.30. The van der Waals surface area contributed by atoms with E-state index in [1.165, 1.54) is 16.4 Å². The van der Waals surface area contributed by atoms with Gasteiger partial charge in [0.1, 0.15) is 11.6 Å². The number of hydrogen-bond acceptors (Lipinski definition) is 7. The summed E-state index contributed by atoms with van der Waals surface area (Å²) in [6, 6.07) is 17.6. The molecule has 0 saturated carbocycles. The molecular weight excluding hydrogens is 490 g/mol. The van der Waals surface area contributed by atoms with E-state index in [-0.39, 0.29) is 10.8 Å². The van der Waals surface area contributed by atoms with Gasteiger partial charge in [-0.05, 0) is 48.0 Å². The molecule has 190 valence electrons. The first-order valence-corrected chi connectivity index (χ1v) is 13.5. The molecule has 1 aliphatic rings. The van der Waals surface area contributed by atoms with Gasteiger partial charge in [0.25, 0.3) is 5.91 Å². The molecule has 5 rings (SSSR count). The minimum atomic E-state index is -3.67. The third-order valence-corrected chi connectivity index (χ3v) is 8.19. The molecule has 0 atom stereocenters. The number of amides is 1. The number of rotatable bonds is 7. The molecule has 1 fully saturated rings. The maximum atomic E-state index is 13.3. The number of nitrogens with zero attached hydrogens (tertiary/aromatic N) is 4. The highest BCUT2D eigenvalue weighted by molar-refractivity contribution is 7.89. The fraction of sp³-hybridized carbons (Fsp3) is 0.222. The normalized spacial score (nSPS) is 14.5. The van der Waals surface area contributed by atoms with E-state index in [1.807, 2.05) is 42.2 Å². The van der Waals surface area contributed by atoms with Crippen molar-refractivity contribution in [1.29, 1.82) is 0 Å². The minimum absolute atomic E-state index is 0.179. The summed E-state index contributed by atoms with van der Waals surface area (Å²) >= 11 is 0. The summed E-state index contributed by atoms with van der Waals surface area (Å²) in [6.45, 7) is 4.04. The van der Waals surface area contributed by atoms with Crippen molar-refractivity contribution < 1.29 is 17.9 Å². The van der Waals surface area contributed by atoms with Crippen molar-refractivity contribution in [3.8, 4) is 5.75 Å². The Morgan fingerprint density at radius 3 is 2.43 bits per heavy atom. The molecule has 0 bridgehead atoms. The first-order chi connectivity index (χ1) is 18.0. The van der Waals surface area contributed by atoms with Gasteiger partial charge >= 0.3 is 0 Å². The predicted molar refractivity (Wildman–Crippen MR) is 143 cm³/mol. The first-order valence-electron chi connectivity index (χ1n) is 12.0. The molecule has 3 aromatic carbocycles. The van der Waals surface area contributed by atoms with Gasteiger partial charge in [-0.3, -0.25) is 9.78 Å². The fourth-order valence-corrected chi connectivity index (χ4v) is 5.85. The van der Waals surface area contributed by atoms with Crippen LogP contribution in [0.2, 0.25) is 0 Å². The van der Waals surface area contributed by atoms with Crippen LogP contribution in [0.5, 0.6) is 5.75 Å². The van der Waals surface area contributed by atoms with E-state index in [0.29, 0.717) is 49.8 Å². The van der Waals surface area contributed by atoms with Gasteiger partial charge in [-0.2, -0.15) is 4.31 Å². The number of carbonyl (C=O) groups is 1. The lowest BCUT2D eigenvalue weighted by atomic mass is 10.0. The number of fused-ring (bicyclic) bond motifs is 1. The van der Waals surface area contributed by atoms with Crippen molar-refractivity contribution in [2.45, 2.75) is 11.8 Å². The van der Waals surface area contributed by atoms with Crippen LogP contribution in [0.15, 0.2) is 84.1 Å². The molecule has 9 nitrogen and oxygen atoms in total. The van der Waals surface area contributed by atoms with Gasteiger partial charge in [-0.25, -0.2) is 13.4 Å². The monoisotopic (exact) mass is 517 g/mol. The topological polar surface area (TPSA) is 105 Å². The highest BCUT2D eigenvalue weighted by Crippen LogP contribution is 2.29. The summed E-state index contributed by atoms with van der Waals surface area (Å²) in [5, 5.41) is 4.60. The minimum Gasteiger partial charge on any atom is -0.493 e. The second kappa shape index (κ2) is 10.5. The molecule has 1 aromatic heterocycles. The zero-order valence-corrected chi connectivity index (χ0v) is 21.2. The van der Waals surface area contributed by atoms with Crippen LogP contribution in [-0.2, 0) is 10.0 Å². The quantitative estimate of drug-likeness (QED) is 0.398. The summed E-state index contributed by atoms with van der Waals surface area (Å²) < 4.78 is 33.6. The average molecular weight is 518 g/mol. The maximum absolute atomic E-state index is 13.3. The van der Waals surface area contributed by atoms with Crippen LogP contribution >= 0.6 is 0 Å². The van der Waals surface area contributed by atoms with Crippen molar-refractivity contribution in [2.24, 2.45) is 0 Å². The molecular formula is C27H27N5O4S. The van der Waals surface area contributed by atoms with Crippen LogP contribution in [0.3, 0.4) is 0 Å². The number of hydrogen-bond donors (Lipinski definition) is 1. The van der Waals surface area contributed by atoms with E-state index in [9.17, 15) is 13.2 Å². The molecule has 0 radical (unpaired) electrons. The van der Waals surface area contributed by atoms with Gasteiger partial charge in [0.05, 0.1) is 23.3 Å². The zero-order chi connectivity index (χ0) is 25.8. The molecule has 0 spiro atoms. The van der Waals surface area contributed by atoms with E-state index in [4.69, 9.17) is 4.74 Å². The Morgan fingerprint density at radius 1 is 0.973 bits per heavy atom. The smallest absolute Gasteiger partial charge is 0.260 e. The Bertz CT molecular complexity index is 1500. The summed E-state index contributed by atoms with van der Waals surface area (Å²) in [6.07, 6.45) is 4.90. The number of carbonyl (C=O) groups excluding carboxylic acids is 1. The van der Waals surface area contributed by atoms with Gasteiger partial charge in [-0.1, -0.05) is 30.3 Å². The lowest BCUT2D eigenvalue weighted by Crippen LogP contribution is -2.48. The van der Waals surface area contributed by atoms with Crippen LogP contribution in [0, 0.1) is 0 Å². The van der Waals surface area contributed by atoms with Crippen molar-refractivity contribution in [2.75, 3.05) is 43.0 Å². The number of anilines is 2. The number of benzene rings is 3. The molecule has 0 unspecified atom stereocenters. The summed E-state index contributed by atoms with van der Waals surface area (Å²) in [4.78, 5) is 23.8. The first kappa shape index (κ1) is 24.7. The average Bonchev–Trinajstić information content (AvgIpc) is 2.94. The van der Waals surface area contributed by atoms with Crippen LogP contribution in [0.1, 0.15) is 17.3 Å². The number of sulfonamides is 1. The molecule has 2 heterocycles. The molecule has 0 aliphatic carbocycles. The Hall–Kier alpha value is -4.02. The fourth-order valence-electron chi connectivity index (χ4n) is 4.43. The SMILES string of the molecule is CCOc1ccc2ccccc2c1C(=O)Nc1ccc(S(=O)(=O)N2CCN(c3cnccn3)CC2)cc1. The predicted octanol–water partition coefficient (Wildman–Crippen LogP) is 3.79. The third kappa shape index (κ3) is 5.11. The molecule has 1 N–H and O–H groups in total. The van der Waals surface area contributed by atoms with Crippen LogP contribution < -0.4 is 15.0 Å². The summed E-state index contributed by atoms with van der Waals surface area (Å²) in [5.74, 6) is 0.910. The van der Waals surface area contributed by atoms with Crippen LogP contribution in [0.25, 0.3) is 10.8 Å². The molecule has 37 heavy (non-hydrogen) atoms. The Morgan fingerprint density at radius 2 is 1.73 bits per heavy atom. The number of nitrogens with one attached hydrogen (secondary N) is 1. The second-order valence-corrected chi connectivity index (χ2v) is 10.5. The lowest BCUT2D eigenvalue weighted by molar-refractivity contribution is 0.102. The van der Waals surface area contributed by atoms with Crippen LogP contribution in [-0.4, -0.2) is 61.4 Å². The van der Waals surface area contributed by atoms with Gasteiger partial charge < -0.3 is 15.0 Å². The molecule has 4 aromatic rings. The van der Waals surface area contributed by atoms with Gasteiger partial charge in [0.15, 0.2) is 0 Å². The lowest BCUT2D eigenvalue weighted by Gasteiger charge is -2.34. The standard InChI is InChI=1S/C27H27N5O4S/c1-2-36-24-12-7-20-5-3-4-6-23(20)26(24)27(33)30-21-8-10-22(11-9-21)37(34,35)32-17-15-31(16-18-32)25-19-28-13-14-29-25/h3-14,19H,2,15-18H2,1H3,(H,30,33). The Labute approximate surface area is 215 Å². The van der Waals surface area contributed by atoms with E-state index < -0.39 is 10.0 Å². The van der Waals surface area contributed by atoms with Gasteiger partial charge in [0.2, 0.25) is 10.0 Å². The third-order valence-electron chi connectivity index (χ3n) is 6.28. The second-order valence-electron chi connectivity index (χ2n) is 8.53. The number of piperazine rings is 1. The largest absolute Gasteiger partial charge is 0.493 e. The highest BCUT2D eigenvalue weighted by Gasteiger charge is 2.29. The van der Waals surface area contributed by atoms with Crippen molar-refractivity contribution in [3.63, 3.8) is 0 Å². The number of aromatic nitrogens is 2. The molecule has 10 heteroatoms. The molecule has 1 aliphatic heterocycles. The Kier molecular flexibility index (Phi) is 7.02. The van der Waals surface area contributed by atoms with Crippen molar-refractivity contribution in [3.05, 3.63) is 84.8 Å². The summed E-state index contributed by atoms with van der Waals surface area (Å²) in [5.41, 5.74) is 0.935. The van der Waals surface area contributed by atoms with E-state index in [2.05, 4.69) is 15.3 Å².